The van der Waals surface area contributed by atoms with Crippen LogP contribution < -0.4 is 9.47 Å². The van der Waals surface area contributed by atoms with Crippen molar-refractivity contribution < 1.29 is 9.47 Å². The molecule has 1 aromatic heterocycles. The molecule has 4 nitrogen and oxygen atoms in total. The molecule has 0 aliphatic rings. The van der Waals surface area contributed by atoms with Gasteiger partial charge in [0.2, 0.25) is 0 Å². The number of rotatable bonds is 5. The average Bonchev–Trinajstić information content (AvgIpc) is 2.95. The molecule has 2 aromatic carbocycles. The first-order chi connectivity index (χ1) is 12.1. The molecule has 4 heteroatoms. The van der Waals surface area contributed by atoms with Crippen molar-refractivity contribution in [3.8, 4) is 28.3 Å². The summed E-state index contributed by atoms with van der Waals surface area (Å²) in [5.41, 5.74) is 6.69. The second-order valence-corrected chi connectivity index (χ2v) is 6.05. The fraction of sp³-hybridized carbons (Fsp3) is 0.286. The van der Waals surface area contributed by atoms with Crippen molar-refractivity contribution in [2.24, 2.45) is 0 Å². The zero-order valence-corrected chi connectivity index (χ0v) is 15.5. The molecular formula is C21H24N2O2. The SMILES string of the molecule is CCc1ccc(-n2nc(C)c(-c3ccc(OC)c(OC)c3)c2C)cc1. The number of hydrogen-bond donors (Lipinski definition) is 0. The van der Waals surface area contributed by atoms with Gasteiger partial charge in [0.15, 0.2) is 11.5 Å². The van der Waals surface area contributed by atoms with E-state index in [-0.39, 0.29) is 0 Å². The third kappa shape index (κ3) is 3.12. The third-order valence-electron chi connectivity index (χ3n) is 4.55. The number of ether oxygens (including phenoxy) is 2. The van der Waals surface area contributed by atoms with Crippen LogP contribution in [0.4, 0.5) is 0 Å². The van der Waals surface area contributed by atoms with Crippen LogP contribution in [0, 0.1) is 13.8 Å². The van der Waals surface area contributed by atoms with Crippen LogP contribution in [0.2, 0.25) is 0 Å². The van der Waals surface area contributed by atoms with E-state index in [9.17, 15) is 0 Å². The summed E-state index contributed by atoms with van der Waals surface area (Å²) in [6.45, 7) is 6.29. The van der Waals surface area contributed by atoms with E-state index >= 15 is 0 Å². The van der Waals surface area contributed by atoms with Crippen molar-refractivity contribution in [1.82, 2.24) is 9.78 Å². The van der Waals surface area contributed by atoms with Crippen LogP contribution in [0.15, 0.2) is 42.5 Å². The Hall–Kier alpha value is -2.75. The quantitative estimate of drug-likeness (QED) is 0.675. The zero-order chi connectivity index (χ0) is 18.0. The zero-order valence-electron chi connectivity index (χ0n) is 15.5. The lowest BCUT2D eigenvalue weighted by molar-refractivity contribution is 0.355. The van der Waals surface area contributed by atoms with E-state index in [1.807, 2.05) is 29.8 Å². The molecule has 0 aliphatic carbocycles. The monoisotopic (exact) mass is 336 g/mol. The molecule has 130 valence electrons. The summed E-state index contributed by atoms with van der Waals surface area (Å²) in [5.74, 6) is 1.45. The first kappa shape index (κ1) is 17.1. The van der Waals surface area contributed by atoms with Gasteiger partial charge < -0.3 is 9.47 Å². The summed E-state index contributed by atoms with van der Waals surface area (Å²) in [6, 6.07) is 14.5. The maximum atomic E-state index is 5.44. The van der Waals surface area contributed by atoms with Gasteiger partial charge in [-0.25, -0.2) is 4.68 Å². The Morgan fingerprint density at radius 1 is 0.920 bits per heavy atom. The van der Waals surface area contributed by atoms with Crippen LogP contribution in [-0.4, -0.2) is 24.0 Å². The molecule has 3 rings (SSSR count). The average molecular weight is 336 g/mol. The van der Waals surface area contributed by atoms with Crippen LogP contribution in [0.25, 0.3) is 16.8 Å². The lowest BCUT2D eigenvalue weighted by atomic mass is 10.0. The Kier molecular flexibility index (Phi) is 4.79. The lowest BCUT2D eigenvalue weighted by Gasteiger charge is -2.10. The van der Waals surface area contributed by atoms with Crippen LogP contribution in [0.3, 0.4) is 0 Å². The summed E-state index contributed by atoms with van der Waals surface area (Å²) in [4.78, 5) is 0. The summed E-state index contributed by atoms with van der Waals surface area (Å²) < 4.78 is 12.8. The number of hydrogen-bond acceptors (Lipinski definition) is 3. The Morgan fingerprint density at radius 2 is 1.60 bits per heavy atom. The Bertz CT molecular complexity index is 880. The van der Waals surface area contributed by atoms with Gasteiger partial charge in [0.25, 0.3) is 0 Å². The largest absolute Gasteiger partial charge is 0.493 e. The van der Waals surface area contributed by atoms with Crippen molar-refractivity contribution in [3.63, 3.8) is 0 Å². The van der Waals surface area contributed by atoms with E-state index in [1.54, 1.807) is 14.2 Å². The summed E-state index contributed by atoms with van der Waals surface area (Å²) in [7, 11) is 3.30. The topological polar surface area (TPSA) is 36.3 Å². The Balaban J connectivity index is 2.08. The van der Waals surface area contributed by atoms with E-state index in [2.05, 4.69) is 38.1 Å². The first-order valence-corrected chi connectivity index (χ1v) is 8.47. The fourth-order valence-electron chi connectivity index (χ4n) is 3.18. The highest BCUT2D eigenvalue weighted by Crippen LogP contribution is 2.35. The highest BCUT2D eigenvalue weighted by molar-refractivity contribution is 5.72. The minimum Gasteiger partial charge on any atom is -0.493 e. The first-order valence-electron chi connectivity index (χ1n) is 8.47. The number of benzene rings is 2. The van der Waals surface area contributed by atoms with Crippen molar-refractivity contribution >= 4 is 0 Å². The molecule has 0 saturated carbocycles. The summed E-state index contributed by atoms with van der Waals surface area (Å²) in [5, 5.41) is 4.75. The van der Waals surface area contributed by atoms with E-state index in [0.717, 1.165) is 46.1 Å². The summed E-state index contributed by atoms with van der Waals surface area (Å²) in [6.07, 6.45) is 1.04. The van der Waals surface area contributed by atoms with Crippen LogP contribution in [0.1, 0.15) is 23.9 Å². The third-order valence-corrected chi connectivity index (χ3v) is 4.55. The van der Waals surface area contributed by atoms with Crippen LogP contribution >= 0.6 is 0 Å². The molecule has 0 spiro atoms. The molecule has 0 unspecified atom stereocenters. The lowest BCUT2D eigenvalue weighted by Crippen LogP contribution is -1.99. The van der Waals surface area contributed by atoms with Crippen molar-refractivity contribution in [3.05, 3.63) is 59.4 Å². The Morgan fingerprint density at radius 3 is 2.20 bits per heavy atom. The molecule has 0 aliphatic heterocycles. The molecular weight excluding hydrogens is 312 g/mol. The minimum atomic E-state index is 0.721. The van der Waals surface area contributed by atoms with Crippen molar-refractivity contribution in [1.29, 1.82) is 0 Å². The molecule has 0 atom stereocenters. The molecule has 0 saturated heterocycles. The Labute approximate surface area is 149 Å². The number of methoxy groups -OCH3 is 2. The molecule has 3 aromatic rings. The van der Waals surface area contributed by atoms with E-state index in [4.69, 9.17) is 14.6 Å². The molecule has 0 fully saturated rings. The van der Waals surface area contributed by atoms with E-state index in [1.165, 1.54) is 5.56 Å². The molecule has 0 N–H and O–H groups in total. The number of nitrogens with zero attached hydrogens (tertiary/aromatic N) is 2. The highest BCUT2D eigenvalue weighted by Gasteiger charge is 2.16. The maximum absolute atomic E-state index is 5.44. The van der Waals surface area contributed by atoms with Gasteiger partial charge in [0.05, 0.1) is 25.6 Å². The van der Waals surface area contributed by atoms with Crippen molar-refractivity contribution in [2.75, 3.05) is 14.2 Å². The van der Waals surface area contributed by atoms with Gasteiger partial charge in [0, 0.05) is 11.3 Å². The molecule has 0 radical (unpaired) electrons. The maximum Gasteiger partial charge on any atom is 0.161 e. The molecule has 1 heterocycles. The van der Waals surface area contributed by atoms with Gasteiger partial charge >= 0.3 is 0 Å². The summed E-state index contributed by atoms with van der Waals surface area (Å²) >= 11 is 0. The predicted octanol–water partition coefficient (Wildman–Crippen LogP) is 4.74. The number of aryl methyl sites for hydroxylation is 2. The van der Waals surface area contributed by atoms with E-state index < -0.39 is 0 Å². The second kappa shape index (κ2) is 7.01. The van der Waals surface area contributed by atoms with Gasteiger partial charge in [-0.05, 0) is 55.7 Å². The molecule has 0 amide bonds. The van der Waals surface area contributed by atoms with E-state index in [0.29, 0.717) is 0 Å². The minimum absolute atomic E-state index is 0.721. The van der Waals surface area contributed by atoms with Crippen molar-refractivity contribution in [2.45, 2.75) is 27.2 Å². The van der Waals surface area contributed by atoms with Gasteiger partial charge in [0.1, 0.15) is 0 Å². The highest BCUT2D eigenvalue weighted by atomic mass is 16.5. The van der Waals surface area contributed by atoms with Gasteiger partial charge in [-0.15, -0.1) is 0 Å². The van der Waals surface area contributed by atoms with Gasteiger partial charge in [-0.2, -0.15) is 5.10 Å². The normalized spacial score (nSPS) is 10.8. The number of aromatic nitrogens is 2. The fourth-order valence-corrected chi connectivity index (χ4v) is 3.18. The standard InChI is InChI=1S/C21H24N2O2/c1-6-16-7-10-18(11-8-16)23-15(3)21(14(2)22-23)17-9-12-19(24-4)20(13-17)25-5/h7-13H,6H2,1-5H3. The van der Waals surface area contributed by atoms with Gasteiger partial charge in [-0.1, -0.05) is 25.1 Å². The molecule has 0 bridgehead atoms. The van der Waals surface area contributed by atoms with Crippen LogP contribution in [-0.2, 0) is 6.42 Å². The molecule has 25 heavy (non-hydrogen) atoms. The smallest absolute Gasteiger partial charge is 0.161 e. The van der Waals surface area contributed by atoms with Gasteiger partial charge in [-0.3, -0.25) is 0 Å². The second-order valence-electron chi connectivity index (χ2n) is 6.05. The predicted molar refractivity (Wildman–Crippen MR) is 101 cm³/mol. The van der Waals surface area contributed by atoms with Crippen LogP contribution in [0.5, 0.6) is 11.5 Å².